The van der Waals surface area contributed by atoms with E-state index in [1.165, 1.54) is 0 Å². The molecule has 90 valence electrons. The highest BCUT2D eigenvalue weighted by Gasteiger charge is 2.22. The van der Waals surface area contributed by atoms with Crippen LogP contribution in [0.5, 0.6) is 0 Å². The van der Waals surface area contributed by atoms with E-state index in [1.807, 2.05) is 18.2 Å². The molecule has 17 heavy (non-hydrogen) atoms. The molecule has 0 atom stereocenters. The maximum atomic E-state index is 9.26. The van der Waals surface area contributed by atoms with Gasteiger partial charge in [-0.1, -0.05) is 17.3 Å². The number of nitrogens with zero attached hydrogens (tertiary/aromatic N) is 1. The summed E-state index contributed by atoms with van der Waals surface area (Å²) in [6, 6.07) is 5.87. The second kappa shape index (κ2) is 4.47. The van der Waals surface area contributed by atoms with E-state index in [0.717, 1.165) is 48.2 Å². The molecule has 0 aliphatic carbocycles. The van der Waals surface area contributed by atoms with E-state index >= 15 is 0 Å². The standard InChI is InChI=1S/C13H16N2O2/c16-8-10-2-1-3-11-12(10)15-17-13(11)9-4-6-14-7-5-9/h1-3,9,14,16H,4-8H2. The van der Waals surface area contributed by atoms with E-state index in [2.05, 4.69) is 10.5 Å². The predicted octanol–water partition coefficient (Wildman–Crippen LogP) is 1.79. The Hall–Kier alpha value is -1.39. The monoisotopic (exact) mass is 232 g/mol. The fraction of sp³-hybridized carbons (Fsp3) is 0.462. The molecule has 0 radical (unpaired) electrons. The molecule has 4 nitrogen and oxygen atoms in total. The number of fused-ring (bicyclic) bond motifs is 1. The van der Waals surface area contributed by atoms with E-state index in [-0.39, 0.29) is 6.61 Å². The molecule has 4 heteroatoms. The first-order valence-corrected chi connectivity index (χ1v) is 6.09. The summed E-state index contributed by atoms with van der Waals surface area (Å²) >= 11 is 0. The summed E-state index contributed by atoms with van der Waals surface area (Å²) in [7, 11) is 0. The third-order valence-corrected chi connectivity index (χ3v) is 3.50. The summed E-state index contributed by atoms with van der Waals surface area (Å²) in [5.74, 6) is 1.44. The number of aliphatic hydroxyl groups excluding tert-OH is 1. The third kappa shape index (κ3) is 1.83. The first-order valence-electron chi connectivity index (χ1n) is 6.09. The van der Waals surface area contributed by atoms with Crippen molar-refractivity contribution in [2.75, 3.05) is 13.1 Å². The zero-order valence-electron chi connectivity index (χ0n) is 9.65. The number of benzene rings is 1. The van der Waals surface area contributed by atoms with E-state index in [9.17, 15) is 5.11 Å². The van der Waals surface area contributed by atoms with Crippen LogP contribution in [0.25, 0.3) is 10.9 Å². The Morgan fingerprint density at radius 3 is 2.94 bits per heavy atom. The lowest BCUT2D eigenvalue weighted by Gasteiger charge is -2.20. The minimum Gasteiger partial charge on any atom is -0.392 e. The van der Waals surface area contributed by atoms with Gasteiger partial charge in [0.1, 0.15) is 11.3 Å². The van der Waals surface area contributed by atoms with E-state index < -0.39 is 0 Å². The van der Waals surface area contributed by atoms with Gasteiger partial charge in [-0.05, 0) is 32.0 Å². The lowest BCUT2D eigenvalue weighted by molar-refractivity contribution is 0.282. The third-order valence-electron chi connectivity index (χ3n) is 3.50. The SMILES string of the molecule is OCc1cccc2c(C3CCNCC3)onc12. The van der Waals surface area contributed by atoms with Crippen LogP contribution in [0, 0.1) is 0 Å². The topological polar surface area (TPSA) is 58.3 Å². The Morgan fingerprint density at radius 2 is 2.18 bits per heavy atom. The molecule has 2 heterocycles. The highest BCUT2D eigenvalue weighted by atomic mass is 16.5. The maximum Gasteiger partial charge on any atom is 0.147 e. The van der Waals surface area contributed by atoms with Crippen LogP contribution in [0.15, 0.2) is 22.7 Å². The van der Waals surface area contributed by atoms with Crippen LogP contribution in [0.2, 0.25) is 0 Å². The number of hydrogen-bond donors (Lipinski definition) is 2. The van der Waals surface area contributed by atoms with Crippen LogP contribution in [0.1, 0.15) is 30.1 Å². The number of piperidine rings is 1. The minimum absolute atomic E-state index is 0.00946. The van der Waals surface area contributed by atoms with Gasteiger partial charge >= 0.3 is 0 Å². The fourth-order valence-corrected chi connectivity index (χ4v) is 2.55. The second-order valence-electron chi connectivity index (χ2n) is 4.54. The van der Waals surface area contributed by atoms with Crippen molar-refractivity contribution in [3.63, 3.8) is 0 Å². The molecule has 1 aliphatic rings. The number of hydrogen-bond acceptors (Lipinski definition) is 4. The Kier molecular flexibility index (Phi) is 2.82. The van der Waals surface area contributed by atoms with Crippen molar-refractivity contribution in [3.05, 3.63) is 29.5 Å². The predicted molar refractivity (Wildman–Crippen MR) is 64.8 cm³/mol. The smallest absolute Gasteiger partial charge is 0.147 e. The number of rotatable bonds is 2. The van der Waals surface area contributed by atoms with Crippen molar-refractivity contribution in [1.29, 1.82) is 0 Å². The van der Waals surface area contributed by atoms with Crippen molar-refractivity contribution in [2.24, 2.45) is 0 Å². The zero-order chi connectivity index (χ0) is 11.7. The lowest BCUT2D eigenvalue weighted by Crippen LogP contribution is -2.26. The van der Waals surface area contributed by atoms with E-state index in [0.29, 0.717) is 5.92 Å². The second-order valence-corrected chi connectivity index (χ2v) is 4.54. The van der Waals surface area contributed by atoms with Crippen LogP contribution in [-0.2, 0) is 6.61 Å². The summed E-state index contributed by atoms with van der Waals surface area (Å²) in [5, 5.41) is 17.8. The van der Waals surface area contributed by atoms with Gasteiger partial charge in [0.2, 0.25) is 0 Å². The zero-order valence-corrected chi connectivity index (χ0v) is 9.65. The number of aromatic nitrogens is 1. The molecule has 3 rings (SSSR count). The van der Waals surface area contributed by atoms with Crippen molar-refractivity contribution in [1.82, 2.24) is 10.5 Å². The normalized spacial score (nSPS) is 17.7. The molecule has 1 aliphatic heterocycles. The highest BCUT2D eigenvalue weighted by molar-refractivity contribution is 5.83. The molecule has 0 saturated carbocycles. The van der Waals surface area contributed by atoms with Crippen LogP contribution in [-0.4, -0.2) is 23.4 Å². The Morgan fingerprint density at radius 1 is 1.35 bits per heavy atom. The van der Waals surface area contributed by atoms with Gasteiger partial charge in [-0.3, -0.25) is 0 Å². The largest absolute Gasteiger partial charge is 0.392 e. The molecule has 0 bridgehead atoms. The molecule has 0 spiro atoms. The number of nitrogens with one attached hydrogen (secondary N) is 1. The van der Waals surface area contributed by atoms with Crippen LogP contribution < -0.4 is 5.32 Å². The fourth-order valence-electron chi connectivity index (χ4n) is 2.55. The van der Waals surface area contributed by atoms with Crippen molar-refractivity contribution in [2.45, 2.75) is 25.4 Å². The first-order chi connectivity index (χ1) is 8.40. The van der Waals surface area contributed by atoms with Gasteiger partial charge in [0, 0.05) is 16.9 Å². The minimum atomic E-state index is 0.00946. The van der Waals surface area contributed by atoms with Gasteiger partial charge < -0.3 is 14.9 Å². The molecule has 1 saturated heterocycles. The van der Waals surface area contributed by atoms with Gasteiger partial charge in [0.05, 0.1) is 6.61 Å². The Balaban J connectivity index is 2.05. The van der Waals surface area contributed by atoms with Gasteiger partial charge in [0.15, 0.2) is 0 Å². The molecule has 1 aromatic heterocycles. The van der Waals surface area contributed by atoms with Gasteiger partial charge in [-0.25, -0.2) is 0 Å². The number of aliphatic hydroxyl groups is 1. The van der Waals surface area contributed by atoms with E-state index in [1.54, 1.807) is 0 Å². The van der Waals surface area contributed by atoms with Crippen LogP contribution in [0.3, 0.4) is 0 Å². The molecule has 1 fully saturated rings. The molecule has 2 N–H and O–H groups in total. The molecule has 0 amide bonds. The van der Waals surface area contributed by atoms with Crippen molar-refractivity contribution in [3.8, 4) is 0 Å². The Bertz CT molecular complexity index is 515. The van der Waals surface area contributed by atoms with Gasteiger partial charge in [0.25, 0.3) is 0 Å². The molecule has 2 aromatic rings. The van der Waals surface area contributed by atoms with Crippen molar-refractivity contribution < 1.29 is 9.63 Å². The average Bonchev–Trinajstić information content (AvgIpc) is 2.83. The summed E-state index contributed by atoms with van der Waals surface area (Å²) in [4.78, 5) is 0. The quantitative estimate of drug-likeness (QED) is 0.828. The maximum absolute atomic E-state index is 9.26. The van der Waals surface area contributed by atoms with Crippen molar-refractivity contribution >= 4 is 10.9 Å². The summed E-state index contributed by atoms with van der Waals surface area (Å²) < 4.78 is 5.51. The van der Waals surface area contributed by atoms with Crippen LogP contribution in [0.4, 0.5) is 0 Å². The average molecular weight is 232 g/mol. The Labute approximate surface area is 99.6 Å². The summed E-state index contributed by atoms with van der Waals surface area (Å²) in [6.45, 7) is 2.08. The summed E-state index contributed by atoms with van der Waals surface area (Å²) in [6.07, 6.45) is 2.18. The van der Waals surface area contributed by atoms with Crippen LogP contribution >= 0.6 is 0 Å². The summed E-state index contributed by atoms with van der Waals surface area (Å²) in [5.41, 5.74) is 1.65. The lowest BCUT2D eigenvalue weighted by atomic mass is 9.93. The first kappa shape index (κ1) is 10.7. The van der Waals surface area contributed by atoms with Gasteiger partial charge in [-0.15, -0.1) is 0 Å². The molecular weight excluding hydrogens is 216 g/mol. The van der Waals surface area contributed by atoms with E-state index in [4.69, 9.17) is 4.52 Å². The van der Waals surface area contributed by atoms with Gasteiger partial charge in [-0.2, -0.15) is 0 Å². The molecule has 0 unspecified atom stereocenters. The molecular formula is C13H16N2O2. The molecule has 1 aromatic carbocycles. The highest BCUT2D eigenvalue weighted by Crippen LogP contribution is 2.32.